The van der Waals surface area contributed by atoms with E-state index in [1.54, 1.807) is 0 Å². The number of nitrogens with zero attached hydrogens (tertiary/aromatic N) is 1. The van der Waals surface area contributed by atoms with Crippen molar-refractivity contribution in [2.45, 2.75) is 38.6 Å². The fraction of sp³-hybridized carbons (Fsp3) is 1.00. The van der Waals surface area contributed by atoms with Gasteiger partial charge in [-0.1, -0.05) is 6.92 Å². The summed E-state index contributed by atoms with van der Waals surface area (Å²) in [4.78, 5) is 2.51. The summed E-state index contributed by atoms with van der Waals surface area (Å²) in [7, 11) is -2.83. The lowest BCUT2D eigenvalue weighted by atomic mass is 10.1. The minimum atomic E-state index is -2.83. The molecule has 1 unspecified atom stereocenters. The van der Waals surface area contributed by atoms with E-state index in [1.807, 2.05) is 0 Å². The Hall–Kier alpha value is -0.130. The van der Waals surface area contributed by atoms with Gasteiger partial charge in [-0.15, -0.1) is 0 Å². The third-order valence-corrected chi connectivity index (χ3v) is 4.21. The minimum absolute atomic E-state index is 0.252. The second-order valence-electron chi connectivity index (χ2n) is 5.05. The first-order valence-corrected chi connectivity index (χ1v) is 8.71. The Morgan fingerprint density at radius 2 is 2.06 bits per heavy atom. The van der Waals surface area contributed by atoms with Gasteiger partial charge in [-0.25, -0.2) is 8.42 Å². The quantitative estimate of drug-likeness (QED) is 0.772. The van der Waals surface area contributed by atoms with Gasteiger partial charge in [0.15, 0.2) is 0 Å². The molecule has 0 aliphatic carbocycles. The van der Waals surface area contributed by atoms with Crippen LogP contribution in [0.3, 0.4) is 0 Å². The zero-order chi connectivity index (χ0) is 12.7. The van der Waals surface area contributed by atoms with E-state index in [0.29, 0.717) is 12.6 Å². The van der Waals surface area contributed by atoms with Crippen LogP contribution < -0.4 is 5.32 Å². The van der Waals surface area contributed by atoms with E-state index in [2.05, 4.69) is 17.1 Å². The van der Waals surface area contributed by atoms with Crippen molar-refractivity contribution in [3.05, 3.63) is 0 Å². The molecule has 0 aromatic heterocycles. The Kier molecular flexibility index (Phi) is 6.44. The predicted octanol–water partition coefficient (Wildman–Crippen LogP) is 0.885. The van der Waals surface area contributed by atoms with Crippen molar-refractivity contribution in [3.8, 4) is 0 Å². The molecule has 0 saturated carbocycles. The van der Waals surface area contributed by atoms with E-state index in [-0.39, 0.29) is 5.75 Å². The lowest BCUT2D eigenvalue weighted by molar-refractivity contribution is 0.283. The van der Waals surface area contributed by atoms with Crippen LogP contribution in [0.4, 0.5) is 0 Å². The molecule has 0 spiro atoms. The van der Waals surface area contributed by atoms with Gasteiger partial charge in [0.1, 0.15) is 9.84 Å². The van der Waals surface area contributed by atoms with Crippen LogP contribution in [0, 0.1) is 0 Å². The molecule has 1 aliphatic heterocycles. The van der Waals surface area contributed by atoms with Crippen molar-refractivity contribution in [1.29, 1.82) is 0 Å². The second kappa shape index (κ2) is 7.34. The smallest absolute Gasteiger partial charge is 0.148 e. The number of hydrogen-bond acceptors (Lipinski definition) is 4. The highest BCUT2D eigenvalue weighted by atomic mass is 32.2. The summed E-state index contributed by atoms with van der Waals surface area (Å²) in [6.07, 6.45) is 6.04. The van der Waals surface area contributed by atoms with Gasteiger partial charge in [0.2, 0.25) is 0 Å². The van der Waals surface area contributed by atoms with Gasteiger partial charge in [0.25, 0.3) is 0 Å². The molecule has 1 rings (SSSR count). The predicted molar refractivity (Wildman–Crippen MR) is 72.1 cm³/mol. The van der Waals surface area contributed by atoms with Crippen LogP contribution in [0.2, 0.25) is 0 Å². The standard InChI is InChI=1S/C12H26N2O2S/c1-3-8-14-9-4-5-12(6-10-14)13-7-11-17(2,15)16/h12-13H,3-11H2,1-2H3. The summed E-state index contributed by atoms with van der Waals surface area (Å²) in [6, 6.07) is 0.499. The van der Waals surface area contributed by atoms with Crippen LogP contribution in [0.1, 0.15) is 32.6 Å². The largest absolute Gasteiger partial charge is 0.313 e. The Balaban J connectivity index is 2.22. The average molecular weight is 262 g/mol. The normalized spacial score (nSPS) is 23.5. The molecule has 0 amide bonds. The van der Waals surface area contributed by atoms with E-state index in [9.17, 15) is 8.42 Å². The second-order valence-corrected chi connectivity index (χ2v) is 7.31. The molecule has 0 aromatic rings. The van der Waals surface area contributed by atoms with E-state index in [4.69, 9.17) is 0 Å². The Morgan fingerprint density at radius 3 is 2.71 bits per heavy atom. The van der Waals surface area contributed by atoms with Gasteiger partial charge in [-0.05, 0) is 45.3 Å². The lowest BCUT2D eigenvalue weighted by Crippen LogP contribution is -2.34. The summed E-state index contributed by atoms with van der Waals surface area (Å²) < 4.78 is 22.1. The van der Waals surface area contributed by atoms with Gasteiger partial charge in [0.05, 0.1) is 5.75 Å². The molecule has 1 heterocycles. The van der Waals surface area contributed by atoms with E-state index in [0.717, 1.165) is 13.0 Å². The zero-order valence-corrected chi connectivity index (χ0v) is 11.9. The molecule has 5 heteroatoms. The number of hydrogen-bond donors (Lipinski definition) is 1. The molecule has 1 fully saturated rings. The van der Waals surface area contributed by atoms with Crippen molar-refractivity contribution in [1.82, 2.24) is 10.2 Å². The van der Waals surface area contributed by atoms with Gasteiger partial charge in [0, 0.05) is 18.8 Å². The third kappa shape index (κ3) is 7.01. The molecule has 102 valence electrons. The zero-order valence-electron chi connectivity index (χ0n) is 11.1. The first kappa shape index (κ1) is 14.9. The van der Waals surface area contributed by atoms with Crippen molar-refractivity contribution in [2.24, 2.45) is 0 Å². The summed E-state index contributed by atoms with van der Waals surface area (Å²) in [5.74, 6) is 0.252. The van der Waals surface area contributed by atoms with Gasteiger partial charge in [-0.3, -0.25) is 0 Å². The Bertz CT molecular complexity index is 304. The molecule has 4 nitrogen and oxygen atoms in total. The fourth-order valence-corrected chi connectivity index (χ4v) is 2.84. The van der Waals surface area contributed by atoms with Crippen LogP contribution >= 0.6 is 0 Å². The molecule has 1 saturated heterocycles. The summed E-state index contributed by atoms with van der Waals surface area (Å²) >= 11 is 0. The Morgan fingerprint density at radius 1 is 1.29 bits per heavy atom. The topological polar surface area (TPSA) is 49.4 Å². The van der Waals surface area contributed by atoms with Crippen molar-refractivity contribution >= 4 is 9.84 Å². The number of rotatable bonds is 6. The Labute approximate surface area is 106 Å². The van der Waals surface area contributed by atoms with Crippen LogP contribution in [0.5, 0.6) is 0 Å². The molecule has 1 aliphatic rings. The van der Waals surface area contributed by atoms with E-state index < -0.39 is 9.84 Å². The van der Waals surface area contributed by atoms with Gasteiger partial charge in [-0.2, -0.15) is 0 Å². The minimum Gasteiger partial charge on any atom is -0.313 e. The van der Waals surface area contributed by atoms with Crippen LogP contribution in [0.25, 0.3) is 0 Å². The molecule has 1 N–H and O–H groups in total. The highest BCUT2D eigenvalue weighted by Gasteiger charge is 2.16. The molecule has 0 aromatic carbocycles. The van der Waals surface area contributed by atoms with Crippen LogP contribution in [-0.2, 0) is 9.84 Å². The van der Waals surface area contributed by atoms with Crippen molar-refractivity contribution < 1.29 is 8.42 Å². The monoisotopic (exact) mass is 262 g/mol. The maximum absolute atomic E-state index is 11.0. The average Bonchev–Trinajstić information content (AvgIpc) is 2.43. The maximum atomic E-state index is 11.0. The number of sulfone groups is 1. The molecule has 17 heavy (non-hydrogen) atoms. The van der Waals surface area contributed by atoms with E-state index in [1.165, 1.54) is 38.6 Å². The van der Waals surface area contributed by atoms with Crippen molar-refractivity contribution in [2.75, 3.05) is 38.2 Å². The molecular weight excluding hydrogens is 236 g/mol. The fourth-order valence-electron chi connectivity index (χ4n) is 2.35. The molecule has 1 atom stereocenters. The van der Waals surface area contributed by atoms with Crippen LogP contribution in [-0.4, -0.2) is 57.5 Å². The van der Waals surface area contributed by atoms with Crippen LogP contribution in [0.15, 0.2) is 0 Å². The SMILES string of the molecule is CCCN1CCCC(NCCS(C)(=O)=O)CC1. The molecule has 0 radical (unpaired) electrons. The summed E-state index contributed by atoms with van der Waals surface area (Å²) in [6.45, 7) is 6.34. The first-order chi connectivity index (χ1) is 8.01. The summed E-state index contributed by atoms with van der Waals surface area (Å²) in [5.41, 5.74) is 0. The third-order valence-electron chi connectivity index (χ3n) is 3.27. The lowest BCUT2D eigenvalue weighted by Gasteiger charge is -2.19. The summed E-state index contributed by atoms with van der Waals surface area (Å²) in [5, 5.41) is 3.37. The molecule has 0 bridgehead atoms. The molecular formula is C12H26N2O2S. The highest BCUT2D eigenvalue weighted by Crippen LogP contribution is 2.11. The highest BCUT2D eigenvalue weighted by molar-refractivity contribution is 7.90. The van der Waals surface area contributed by atoms with Gasteiger partial charge < -0.3 is 10.2 Å². The number of likely N-dealkylation sites (tertiary alicyclic amines) is 1. The first-order valence-electron chi connectivity index (χ1n) is 6.64. The van der Waals surface area contributed by atoms with E-state index >= 15 is 0 Å². The van der Waals surface area contributed by atoms with Crippen molar-refractivity contribution in [3.63, 3.8) is 0 Å². The maximum Gasteiger partial charge on any atom is 0.148 e. The number of nitrogens with one attached hydrogen (secondary N) is 1. The van der Waals surface area contributed by atoms with Gasteiger partial charge >= 0.3 is 0 Å².